The number of rotatable bonds is 4. The Balaban J connectivity index is 1.51. The Bertz CT molecular complexity index is 1130. The van der Waals surface area contributed by atoms with Crippen molar-refractivity contribution in [3.05, 3.63) is 53.9 Å². The standard InChI is InChI=1S/C23H23F3N4O/c1-13(17-10-14-7-8-16(17)9-14)28-22(31)18-12-27-30-20(23(24,25)26)11-19(29-21(18)30)15-5-3-2-4-6-15/h2-6,11-14,16-17H,7-10H2,1H3,(H,28,31)/t13-,14-,16-,17-/m0/s1. The first-order chi connectivity index (χ1) is 14.8. The third-order valence-corrected chi connectivity index (χ3v) is 6.87. The molecule has 8 heteroatoms. The number of amides is 1. The summed E-state index contributed by atoms with van der Waals surface area (Å²) < 4.78 is 41.9. The molecule has 31 heavy (non-hydrogen) atoms. The van der Waals surface area contributed by atoms with Gasteiger partial charge in [-0.15, -0.1) is 0 Å². The van der Waals surface area contributed by atoms with Gasteiger partial charge in [0.05, 0.1) is 11.9 Å². The molecule has 1 N–H and O–H groups in total. The van der Waals surface area contributed by atoms with Gasteiger partial charge in [-0.25, -0.2) is 9.50 Å². The lowest BCUT2D eigenvalue weighted by atomic mass is 9.84. The fourth-order valence-electron chi connectivity index (χ4n) is 5.38. The number of hydrogen-bond acceptors (Lipinski definition) is 3. The maximum Gasteiger partial charge on any atom is 0.433 e. The van der Waals surface area contributed by atoms with Gasteiger partial charge in [0.1, 0.15) is 5.56 Å². The van der Waals surface area contributed by atoms with Crippen LogP contribution in [0.3, 0.4) is 0 Å². The Morgan fingerprint density at radius 3 is 2.61 bits per heavy atom. The maximum absolute atomic E-state index is 13.7. The van der Waals surface area contributed by atoms with Crippen LogP contribution in [0.1, 0.15) is 48.7 Å². The average Bonchev–Trinajstić information content (AvgIpc) is 3.48. The molecule has 2 saturated carbocycles. The van der Waals surface area contributed by atoms with Crippen LogP contribution in [0.5, 0.6) is 0 Å². The van der Waals surface area contributed by atoms with Gasteiger partial charge in [-0.2, -0.15) is 18.3 Å². The number of nitrogens with one attached hydrogen (secondary N) is 1. The Kier molecular flexibility index (Phi) is 4.75. The summed E-state index contributed by atoms with van der Waals surface area (Å²) in [6.45, 7) is 1.99. The van der Waals surface area contributed by atoms with Crippen molar-refractivity contribution in [1.29, 1.82) is 0 Å². The van der Waals surface area contributed by atoms with E-state index in [1.54, 1.807) is 30.3 Å². The average molecular weight is 428 g/mol. The number of hydrogen-bond donors (Lipinski definition) is 1. The molecular weight excluding hydrogens is 405 g/mol. The monoisotopic (exact) mass is 428 g/mol. The van der Waals surface area contributed by atoms with Gasteiger partial charge in [0, 0.05) is 11.6 Å². The van der Waals surface area contributed by atoms with E-state index in [4.69, 9.17) is 0 Å². The zero-order valence-electron chi connectivity index (χ0n) is 17.1. The molecular formula is C23H23F3N4O. The minimum Gasteiger partial charge on any atom is -0.349 e. The molecule has 2 heterocycles. The molecule has 2 bridgehead atoms. The summed E-state index contributed by atoms with van der Waals surface area (Å²) >= 11 is 0. The zero-order valence-corrected chi connectivity index (χ0v) is 17.1. The predicted octanol–water partition coefficient (Wildman–Crippen LogP) is 4.97. The van der Waals surface area contributed by atoms with Crippen molar-refractivity contribution in [1.82, 2.24) is 19.9 Å². The van der Waals surface area contributed by atoms with Gasteiger partial charge < -0.3 is 5.32 Å². The summed E-state index contributed by atoms with van der Waals surface area (Å²) in [4.78, 5) is 17.4. The molecule has 1 amide bonds. The van der Waals surface area contributed by atoms with Crippen molar-refractivity contribution in [2.45, 2.75) is 44.8 Å². The smallest absolute Gasteiger partial charge is 0.349 e. The molecule has 2 fully saturated rings. The van der Waals surface area contributed by atoms with Gasteiger partial charge in [-0.1, -0.05) is 36.8 Å². The number of fused-ring (bicyclic) bond motifs is 3. The first-order valence-electron chi connectivity index (χ1n) is 10.6. The third kappa shape index (κ3) is 3.58. The summed E-state index contributed by atoms with van der Waals surface area (Å²) in [5, 5.41) is 6.86. The fraction of sp³-hybridized carbons (Fsp3) is 0.435. The van der Waals surface area contributed by atoms with Crippen LogP contribution in [0.2, 0.25) is 0 Å². The molecule has 0 unspecified atom stereocenters. The molecule has 162 valence electrons. The van der Waals surface area contributed by atoms with E-state index in [9.17, 15) is 18.0 Å². The van der Waals surface area contributed by atoms with E-state index in [0.29, 0.717) is 21.9 Å². The minimum absolute atomic E-state index is 0.0443. The van der Waals surface area contributed by atoms with Crippen LogP contribution in [0.15, 0.2) is 42.6 Å². The van der Waals surface area contributed by atoms with Crippen LogP contribution in [0, 0.1) is 17.8 Å². The van der Waals surface area contributed by atoms with E-state index in [2.05, 4.69) is 15.4 Å². The Morgan fingerprint density at radius 2 is 1.97 bits per heavy atom. The molecule has 5 rings (SSSR count). The highest BCUT2D eigenvalue weighted by atomic mass is 19.4. The number of benzene rings is 1. The lowest BCUT2D eigenvalue weighted by Gasteiger charge is -2.28. The normalized spacial score (nSPS) is 23.9. The van der Waals surface area contributed by atoms with Crippen LogP contribution in [0.25, 0.3) is 16.9 Å². The topological polar surface area (TPSA) is 59.3 Å². The Morgan fingerprint density at radius 1 is 1.19 bits per heavy atom. The lowest BCUT2D eigenvalue weighted by Crippen LogP contribution is -2.40. The summed E-state index contributed by atoms with van der Waals surface area (Å²) in [6, 6.07) is 9.54. The zero-order chi connectivity index (χ0) is 21.8. The van der Waals surface area contributed by atoms with Gasteiger partial charge in [0.25, 0.3) is 5.91 Å². The maximum atomic E-state index is 13.7. The van der Waals surface area contributed by atoms with Crippen molar-refractivity contribution in [2.24, 2.45) is 17.8 Å². The van der Waals surface area contributed by atoms with Crippen molar-refractivity contribution in [3.8, 4) is 11.3 Å². The van der Waals surface area contributed by atoms with Gasteiger partial charge in [-0.05, 0) is 50.0 Å². The quantitative estimate of drug-likeness (QED) is 0.638. The Hall–Kier alpha value is -2.90. The molecule has 2 aliphatic carbocycles. The molecule has 0 aliphatic heterocycles. The molecule has 2 aliphatic rings. The number of halogens is 3. The van der Waals surface area contributed by atoms with Crippen LogP contribution >= 0.6 is 0 Å². The predicted molar refractivity (Wildman–Crippen MR) is 109 cm³/mol. The van der Waals surface area contributed by atoms with Gasteiger partial charge in [0.2, 0.25) is 0 Å². The number of alkyl halides is 3. The molecule has 4 atom stereocenters. The second-order valence-electron chi connectivity index (χ2n) is 8.78. The van der Waals surface area contributed by atoms with Crippen LogP contribution in [-0.4, -0.2) is 26.5 Å². The SMILES string of the molecule is C[C@H](NC(=O)c1cnn2c(C(F)(F)F)cc(-c3ccccc3)nc12)[C@@H]1C[C@H]2CC[C@H]1C2. The minimum atomic E-state index is -4.64. The van der Waals surface area contributed by atoms with Gasteiger partial charge in [0.15, 0.2) is 11.3 Å². The Labute approximate surface area is 177 Å². The summed E-state index contributed by atoms with van der Waals surface area (Å²) in [6.07, 6.45) is 1.33. The second kappa shape index (κ2) is 7.35. The van der Waals surface area contributed by atoms with Crippen LogP contribution in [-0.2, 0) is 6.18 Å². The summed E-state index contributed by atoms with van der Waals surface area (Å²) in [5.74, 6) is 1.36. The van der Waals surface area contributed by atoms with Gasteiger partial charge >= 0.3 is 6.18 Å². The van der Waals surface area contributed by atoms with Crippen molar-refractivity contribution >= 4 is 11.6 Å². The molecule has 0 spiro atoms. The number of nitrogens with zero attached hydrogens (tertiary/aromatic N) is 3. The lowest BCUT2D eigenvalue weighted by molar-refractivity contribution is -0.142. The molecule has 1 aromatic carbocycles. The van der Waals surface area contributed by atoms with Crippen molar-refractivity contribution in [2.75, 3.05) is 0 Å². The third-order valence-electron chi connectivity index (χ3n) is 6.87. The fourth-order valence-corrected chi connectivity index (χ4v) is 5.38. The van der Waals surface area contributed by atoms with E-state index in [1.807, 2.05) is 6.92 Å². The van der Waals surface area contributed by atoms with E-state index in [-0.39, 0.29) is 22.9 Å². The number of carbonyl (C=O) groups is 1. The molecule has 2 aromatic heterocycles. The largest absolute Gasteiger partial charge is 0.433 e. The highest BCUT2D eigenvalue weighted by Gasteiger charge is 2.42. The van der Waals surface area contributed by atoms with E-state index < -0.39 is 17.8 Å². The molecule has 0 radical (unpaired) electrons. The molecule has 0 saturated heterocycles. The highest BCUT2D eigenvalue weighted by molar-refractivity contribution is 6.00. The van der Waals surface area contributed by atoms with Gasteiger partial charge in [-0.3, -0.25) is 4.79 Å². The van der Waals surface area contributed by atoms with Crippen LogP contribution < -0.4 is 5.32 Å². The first kappa shape index (κ1) is 20.0. The molecule has 3 aromatic rings. The van der Waals surface area contributed by atoms with E-state index in [0.717, 1.165) is 18.4 Å². The number of carbonyl (C=O) groups excluding carboxylic acids is 1. The number of aromatic nitrogens is 3. The van der Waals surface area contributed by atoms with E-state index >= 15 is 0 Å². The van der Waals surface area contributed by atoms with Crippen molar-refractivity contribution in [3.63, 3.8) is 0 Å². The molecule has 5 nitrogen and oxygen atoms in total. The van der Waals surface area contributed by atoms with Crippen LogP contribution in [0.4, 0.5) is 13.2 Å². The summed E-state index contributed by atoms with van der Waals surface area (Å²) in [5.41, 5.74) is -0.310. The first-order valence-corrected chi connectivity index (χ1v) is 10.6. The second-order valence-corrected chi connectivity index (χ2v) is 8.78. The van der Waals surface area contributed by atoms with E-state index in [1.165, 1.54) is 25.5 Å². The summed E-state index contributed by atoms with van der Waals surface area (Å²) in [7, 11) is 0. The van der Waals surface area contributed by atoms with Crippen molar-refractivity contribution < 1.29 is 18.0 Å². The highest BCUT2D eigenvalue weighted by Crippen LogP contribution is 2.49.